The van der Waals surface area contributed by atoms with Crippen molar-refractivity contribution in [1.29, 1.82) is 0 Å². The molecule has 40 valence electrons. The molecule has 0 saturated heterocycles. The quantitative estimate of drug-likeness (QED) is 0.382. The second-order valence-corrected chi connectivity index (χ2v) is 1.42. The Balaban J connectivity index is -0.0000000800. The molecule has 0 rings (SSSR count). The van der Waals surface area contributed by atoms with Gasteiger partial charge in [0.05, 0.1) is 0 Å². The van der Waals surface area contributed by atoms with Gasteiger partial charge in [0.25, 0.3) is 0 Å². The topological polar surface area (TPSA) is 57.5 Å². The van der Waals surface area contributed by atoms with Crippen LogP contribution in [0.5, 0.6) is 0 Å². The van der Waals surface area contributed by atoms with Gasteiger partial charge in [-0.3, -0.25) is 9.79 Å². The van der Waals surface area contributed by atoms with Crippen molar-refractivity contribution in [1.82, 2.24) is 0 Å². The van der Waals surface area contributed by atoms with Crippen LogP contribution in [0.3, 0.4) is 0 Å². The van der Waals surface area contributed by atoms with Crippen molar-refractivity contribution in [3.63, 3.8) is 0 Å². The van der Waals surface area contributed by atoms with Crippen molar-refractivity contribution < 1.29 is 35.9 Å². The normalized spacial score (nSPS) is 8.43. The predicted molar refractivity (Wildman–Crippen MR) is 20.3 cm³/mol. The molecule has 0 aliphatic rings. The molecule has 3 nitrogen and oxygen atoms in total. The third kappa shape index (κ3) is 92.2. The monoisotopic (exact) mass is 176 g/mol. The van der Waals surface area contributed by atoms with Gasteiger partial charge in [-0.05, 0) is 0 Å². The standard InChI is InChI=1S/Cr.FH2O3P.Na.H/c;1-5(2,3)4;;/h;(H2,2,3,4);;. The summed E-state index contributed by atoms with van der Waals surface area (Å²) in [7, 11) is -5.14. The zero-order valence-electron chi connectivity index (χ0n) is 2.54. The van der Waals surface area contributed by atoms with Crippen LogP contribution in [-0.4, -0.2) is 39.3 Å². The van der Waals surface area contributed by atoms with Crippen LogP contribution in [0.1, 0.15) is 0 Å². The van der Waals surface area contributed by atoms with E-state index in [4.69, 9.17) is 14.4 Å². The van der Waals surface area contributed by atoms with Gasteiger partial charge in [0.1, 0.15) is 0 Å². The summed E-state index contributed by atoms with van der Waals surface area (Å²) in [6, 6.07) is 0. The fourth-order valence-electron chi connectivity index (χ4n) is 0. The molecule has 0 aliphatic carbocycles. The first kappa shape index (κ1) is 15.8. The van der Waals surface area contributed by atoms with E-state index in [-0.39, 0.29) is 46.9 Å². The molecule has 7 heavy (non-hydrogen) atoms. The van der Waals surface area contributed by atoms with E-state index < -0.39 is 7.91 Å². The number of hydrogen-bond donors (Lipinski definition) is 2. The van der Waals surface area contributed by atoms with Gasteiger partial charge in [-0.25, -0.2) is 4.57 Å². The van der Waals surface area contributed by atoms with Crippen molar-refractivity contribution in [3.8, 4) is 0 Å². The van der Waals surface area contributed by atoms with E-state index >= 15 is 0 Å². The number of halogens is 1. The minimum atomic E-state index is -5.14. The molecule has 0 spiro atoms. The van der Waals surface area contributed by atoms with E-state index in [1.54, 1.807) is 0 Å². The van der Waals surface area contributed by atoms with E-state index in [0.717, 1.165) is 0 Å². The van der Waals surface area contributed by atoms with Crippen LogP contribution >= 0.6 is 7.91 Å². The first-order valence-corrected chi connectivity index (χ1v) is 2.25. The molecule has 0 saturated carbocycles. The Morgan fingerprint density at radius 2 is 1.43 bits per heavy atom. The Kier molecular flexibility index (Phi) is 13.0. The van der Waals surface area contributed by atoms with Crippen molar-refractivity contribution in [2.24, 2.45) is 0 Å². The van der Waals surface area contributed by atoms with Crippen molar-refractivity contribution in [2.75, 3.05) is 0 Å². The van der Waals surface area contributed by atoms with Gasteiger partial charge in [-0.2, -0.15) is 0 Å². The molecular formula is H3CrFNaO3P. The predicted octanol–water partition coefficient (Wildman–Crippen LogP) is -0.602. The second kappa shape index (κ2) is 5.74. The Bertz CT molecular complexity index is 61.1. The summed E-state index contributed by atoms with van der Waals surface area (Å²) in [5.74, 6) is 0. The van der Waals surface area contributed by atoms with Crippen LogP contribution in [0.15, 0.2) is 0 Å². The van der Waals surface area contributed by atoms with Crippen molar-refractivity contribution in [2.45, 2.75) is 0 Å². The van der Waals surface area contributed by atoms with Gasteiger partial charge in [0.2, 0.25) is 0 Å². The molecule has 0 aromatic heterocycles. The minimum absolute atomic E-state index is 0. The molecule has 7 heteroatoms. The molecule has 0 radical (unpaired) electrons. The number of rotatable bonds is 0. The van der Waals surface area contributed by atoms with Gasteiger partial charge in [-0.1, -0.05) is 0 Å². The van der Waals surface area contributed by atoms with Gasteiger partial charge in [0, 0.05) is 17.4 Å². The van der Waals surface area contributed by atoms with Gasteiger partial charge < -0.3 is 0 Å². The summed E-state index contributed by atoms with van der Waals surface area (Å²) < 4.78 is 19.0. The Morgan fingerprint density at radius 3 is 1.43 bits per heavy atom. The van der Waals surface area contributed by atoms with E-state index in [2.05, 4.69) is 0 Å². The zero-order valence-corrected chi connectivity index (χ0v) is 4.71. The fraction of sp³-hybridized carbons (Fsp3) is 0. The third-order valence-electron chi connectivity index (χ3n) is 0. The molecule has 0 fully saturated rings. The maximum atomic E-state index is 10.4. The average molecular weight is 176 g/mol. The van der Waals surface area contributed by atoms with Crippen LogP contribution < -0.4 is 0 Å². The molecule has 0 bridgehead atoms. The fourth-order valence-corrected chi connectivity index (χ4v) is 0. The first-order chi connectivity index (χ1) is 2.00. The molecular weight excluding hydrogens is 173 g/mol. The SMILES string of the molecule is O=P(O)(O)F.[Cr].[NaH]. The van der Waals surface area contributed by atoms with E-state index in [0.29, 0.717) is 0 Å². The molecule has 0 atom stereocenters. The van der Waals surface area contributed by atoms with Crippen molar-refractivity contribution in [3.05, 3.63) is 0 Å². The molecule has 0 aliphatic heterocycles. The van der Waals surface area contributed by atoms with E-state index in [9.17, 15) is 4.20 Å². The summed E-state index contributed by atoms with van der Waals surface area (Å²) in [4.78, 5) is 13.9. The second-order valence-electron chi connectivity index (χ2n) is 0.473. The van der Waals surface area contributed by atoms with Gasteiger partial charge in [0.15, 0.2) is 0 Å². The van der Waals surface area contributed by atoms with E-state index in [1.807, 2.05) is 0 Å². The molecule has 0 unspecified atom stereocenters. The molecule has 0 heterocycles. The summed E-state index contributed by atoms with van der Waals surface area (Å²) >= 11 is 0. The molecule has 0 amide bonds. The van der Waals surface area contributed by atoms with Crippen LogP contribution in [0.4, 0.5) is 4.20 Å². The molecule has 0 aromatic carbocycles. The summed E-state index contributed by atoms with van der Waals surface area (Å²) in [5, 5.41) is 0. The van der Waals surface area contributed by atoms with Crippen molar-refractivity contribution >= 4 is 37.5 Å². The molecule has 2 N–H and O–H groups in total. The van der Waals surface area contributed by atoms with E-state index in [1.165, 1.54) is 0 Å². The zero-order chi connectivity index (χ0) is 4.50. The summed E-state index contributed by atoms with van der Waals surface area (Å²) in [5.41, 5.74) is 0. The van der Waals surface area contributed by atoms with Crippen LogP contribution in [0.2, 0.25) is 0 Å². The van der Waals surface area contributed by atoms with Gasteiger partial charge in [-0.15, -0.1) is 4.20 Å². The number of hydrogen-bond acceptors (Lipinski definition) is 1. The third-order valence-corrected chi connectivity index (χ3v) is 0. The Morgan fingerprint density at radius 1 is 1.43 bits per heavy atom. The Hall–Kier alpha value is 1.61. The summed E-state index contributed by atoms with van der Waals surface area (Å²) in [6.07, 6.45) is 0. The molecule has 0 aromatic rings. The summed E-state index contributed by atoms with van der Waals surface area (Å²) in [6.45, 7) is 0. The Labute approximate surface area is 73.0 Å². The average Bonchev–Trinajstić information content (AvgIpc) is 0.722. The van der Waals surface area contributed by atoms with Crippen LogP contribution in [0, 0.1) is 0 Å². The maximum absolute atomic E-state index is 10.4. The van der Waals surface area contributed by atoms with Crippen LogP contribution in [-0.2, 0) is 21.9 Å². The van der Waals surface area contributed by atoms with Crippen LogP contribution in [0.25, 0.3) is 0 Å². The first-order valence-electron chi connectivity index (χ1n) is 0.752. The van der Waals surface area contributed by atoms with Gasteiger partial charge >= 0.3 is 37.5 Å².